The van der Waals surface area contributed by atoms with Crippen LogP contribution in [0, 0.1) is 6.92 Å². The number of halogens is 2. The normalized spacial score (nSPS) is 12.4. The van der Waals surface area contributed by atoms with Crippen molar-refractivity contribution in [1.29, 1.82) is 0 Å². The van der Waals surface area contributed by atoms with Crippen LogP contribution in [-0.2, 0) is 6.42 Å². The Bertz CT molecular complexity index is 544. The first kappa shape index (κ1) is 14.8. The fourth-order valence-corrected chi connectivity index (χ4v) is 3.38. The lowest BCUT2D eigenvalue weighted by molar-refractivity contribution is 0.920. The van der Waals surface area contributed by atoms with Crippen LogP contribution in [0.5, 0.6) is 0 Å². The molecule has 0 saturated heterocycles. The van der Waals surface area contributed by atoms with E-state index in [-0.39, 0.29) is 4.83 Å². The summed E-state index contributed by atoms with van der Waals surface area (Å²) in [5.41, 5.74) is 5.35. The van der Waals surface area contributed by atoms with Gasteiger partial charge in [-0.25, -0.2) is 0 Å². The Hall–Kier alpha value is -0.600. The van der Waals surface area contributed by atoms with Crippen LogP contribution in [0.15, 0.2) is 46.9 Å². The first-order valence-electron chi connectivity index (χ1n) is 6.60. The SMILES string of the molecule is CCCc1ccc(C(Br)c2cc(Br)ccc2C)cc1. The zero-order valence-electron chi connectivity index (χ0n) is 11.3. The molecule has 1 unspecified atom stereocenters. The highest BCUT2D eigenvalue weighted by Gasteiger charge is 2.13. The van der Waals surface area contributed by atoms with Crippen LogP contribution in [0.25, 0.3) is 0 Å². The average Bonchev–Trinajstić information content (AvgIpc) is 2.42. The maximum atomic E-state index is 3.82. The fraction of sp³-hybridized carbons (Fsp3) is 0.294. The quantitative estimate of drug-likeness (QED) is 0.553. The Balaban J connectivity index is 2.27. The fourth-order valence-electron chi connectivity index (χ4n) is 2.21. The number of hydrogen-bond donors (Lipinski definition) is 0. The van der Waals surface area contributed by atoms with Crippen LogP contribution in [0.1, 0.15) is 40.4 Å². The molecule has 0 N–H and O–H groups in total. The van der Waals surface area contributed by atoms with Crippen molar-refractivity contribution in [3.8, 4) is 0 Å². The van der Waals surface area contributed by atoms with Gasteiger partial charge in [-0.15, -0.1) is 0 Å². The van der Waals surface area contributed by atoms with Crippen molar-refractivity contribution >= 4 is 31.9 Å². The van der Waals surface area contributed by atoms with Crippen LogP contribution >= 0.6 is 31.9 Å². The first-order chi connectivity index (χ1) is 9.11. The third-order valence-electron chi connectivity index (χ3n) is 3.33. The Morgan fingerprint density at radius 3 is 2.37 bits per heavy atom. The Kier molecular flexibility index (Phi) is 5.23. The standard InChI is InChI=1S/C17H18Br2/c1-3-4-13-6-8-14(9-7-13)17(19)16-11-15(18)10-5-12(16)2/h5-11,17H,3-4H2,1-2H3. The molecule has 0 bridgehead atoms. The van der Waals surface area contributed by atoms with Gasteiger partial charge in [-0.3, -0.25) is 0 Å². The molecule has 0 heterocycles. The lowest BCUT2D eigenvalue weighted by atomic mass is 9.99. The summed E-state index contributed by atoms with van der Waals surface area (Å²) in [4.78, 5) is 0.251. The van der Waals surface area contributed by atoms with Crippen molar-refractivity contribution in [3.05, 3.63) is 69.2 Å². The van der Waals surface area contributed by atoms with E-state index in [1.54, 1.807) is 0 Å². The van der Waals surface area contributed by atoms with Gasteiger partial charge in [0.2, 0.25) is 0 Å². The summed E-state index contributed by atoms with van der Waals surface area (Å²) >= 11 is 7.37. The van der Waals surface area contributed by atoms with E-state index >= 15 is 0 Å². The maximum absolute atomic E-state index is 3.82. The second-order valence-corrected chi connectivity index (χ2v) is 6.69. The highest BCUT2D eigenvalue weighted by atomic mass is 79.9. The summed E-state index contributed by atoms with van der Waals surface area (Å²) in [7, 11) is 0. The van der Waals surface area contributed by atoms with Crippen LogP contribution in [-0.4, -0.2) is 0 Å². The number of alkyl halides is 1. The predicted molar refractivity (Wildman–Crippen MR) is 90.1 cm³/mol. The molecule has 2 heteroatoms. The molecule has 0 amide bonds. The van der Waals surface area contributed by atoms with E-state index in [4.69, 9.17) is 0 Å². The molecule has 2 rings (SSSR count). The molecule has 2 aromatic carbocycles. The smallest absolute Gasteiger partial charge is 0.0647 e. The lowest BCUT2D eigenvalue weighted by Crippen LogP contribution is -1.96. The number of hydrogen-bond acceptors (Lipinski definition) is 0. The topological polar surface area (TPSA) is 0 Å². The van der Waals surface area contributed by atoms with E-state index in [1.807, 2.05) is 0 Å². The highest BCUT2D eigenvalue weighted by Crippen LogP contribution is 2.34. The molecule has 0 nitrogen and oxygen atoms in total. The van der Waals surface area contributed by atoms with Crippen LogP contribution in [0.3, 0.4) is 0 Å². The van der Waals surface area contributed by atoms with E-state index in [2.05, 4.69) is 88.2 Å². The molecule has 0 aromatic heterocycles. The second kappa shape index (κ2) is 6.71. The lowest BCUT2D eigenvalue weighted by Gasteiger charge is -2.14. The van der Waals surface area contributed by atoms with Crippen molar-refractivity contribution in [3.63, 3.8) is 0 Å². The molecule has 0 aliphatic carbocycles. The zero-order chi connectivity index (χ0) is 13.8. The van der Waals surface area contributed by atoms with Crippen molar-refractivity contribution in [2.45, 2.75) is 31.5 Å². The van der Waals surface area contributed by atoms with Gasteiger partial charge in [-0.05, 0) is 47.7 Å². The molecule has 0 aliphatic heterocycles. The largest absolute Gasteiger partial charge is 0.0786 e. The minimum absolute atomic E-state index is 0.251. The number of benzene rings is 2. The molecule has 0 spiro atoms. The average molecular weight is 382 g/mol. The second-order valence-electron chi connectivity index (χ2n) is 4.86. The number of aryl methyl sites for hydroxylation is 2. The van der Waals surface area contributed by atoms with Crippen LogP contribution in [0.2, 0.25) is 0 Å². The Morgan fingerprint density at radius 2 is 1.74 bits per heavy atom. The van der Waals surface area contributed by atoms with Gasteiger partial charge < -0.3 is 0 Å². The Morgan fingerprint density at radius 1 is 1.05 bits per heavy atom. The third-order valence-corrected chi connectivity index (χ3v) is 4.84. The summed E-state index contributed by atoms with van der Waals surface area (Å²) in [5, 5.41) is 0. The van der Waals surface area contributed by atoms with E-state index in [9.17, 15) is 0 Å². The molecule has 0 aliphatic rings. The van der Waals surface area contributed by atoms with Gasteiger partial charge in [0.1, 0.15) is 0 Å². The monoisotopic (exact) mass is 380 g/mol. The van der Waals surface area contributed by atoms with Crippen LogP contribution in [0.4, 0.5) is 0 Å². The summed E-state index contributed by atoms with van der Waals surface area (Å²) in [6, 6.07) is 15.4. The van der Waals surface area contributed by atoms with Gasteiger partial charge in [0.05, 0.1) is 4.83 Å². The van der Waals surface area contributed by atoms with E-state index < -0.39 is 0 Å². The van der Waals surface area contributed by atoms with Crippen molar-refractivity contribution in [2.24, 2.45) is 0 Å². The molecule has 0 saturated carbocycles. The minimum atomic E-state index is 0.251. The third kappa shape index (κ3) is 3.70. The molecule has 100 valence electrons. The predicted octanol–water partition coefficient (Wildman–Crippen LogP) is 6.19. The summed E-state index contributed by atoms with van der Waals surface area (Å²) in [6.07, 6.45) is 2.35. The maximum Gasteiger partial charge on any atom is 0.0647 e. The molecular formula is C17H18Br2. The Labute approximate surface area is 132 Å². The van der Waals surface area contributed by atoms with Gasteiger partial charge in [0.15, 0.2) is 0 Å². The molecule has 2 aromatic rings. The van der Waals surface area contributed by atoms with Crippen molar-refractivity contribution < 1.29 is 0 Å². The highest BCUT2D eigenvalue weighted by molar-refractivity contribution is 9.10. The van der Waals surface area contributed by atoms with Gasteiger partial charge in [-0.1, -0.05) is 75.5 Å². The molecule has 19 heavy (non-hydrogen) atoms. The minimum Gasteiger partial charge on any atom is -0.0786 e. The summed E-state index contributed by atoms with van der Waals surface area (Å²) in [5.74, 6) is 0. The zero-order valence-corrected chi connectivity index (χ0v) is 14.5. The summed E-state index contributed by atoms with van der Waals surface area (Å²) in [6.45, 7) is 4.37. The van der Waals surface area contributed by atoms with E-state index in [0.717, 1.165) is 10.9 Å². The van der Waals surface area contributed by atoms with Gasteiger partial charge in [0.25, 0.3) is 0 Å². The summed E-state index contributed by atoms with van der Waals surface area (Å²) < 4.78 is 1.13. The van der Waals surface area contributed by atoms with Crippen LogP contribution < -0.4 is 0 Å². The number of rotatable bonds is 4. The van der Waals surface area contributed by atoms with E-state index in [0.29, 0.717) is 0 Å². The van der Waals surface area contributed by atoms with Crippen molar-refractivity contribution in [2.75, 3.05) is 0 Å². The van der Waals surface area contributed by atoms with Crippen molar-refractivity contribution in [1.82, 2.24) is 0 Å². The van der Waals surface area contributed by atoms with E-state index in [1.165, 1.54) is 28.7 Å². The first-order valence-corrected chi connectivity index (χ1v) is 8.31. The van der Waals surface area contributed by atoms with Gasteiger partial charge >= 0.3 is 0 Å². The molecule has 0 radical (unpaired) electrons. The van der Waals surface area contributed by atoms with Gasteiger partial charge in [0, 0.05) is 4.47 Å². The molecule has 0 fully saturated rings. The molecule has 1 atom stereocenters. The van der Waals surface area contributed by atoms with Gasteiger partial charge in [-0.2, -0.15) is 0 Å². The molecular weight excluding hydrogens is 364 g/mol.